The zero-order chi connectivity index (χ0) is 16.2. The largest absolute Gasteiger partial charge is 0.478 e. The topological polar surface area (TPSA) is 91.3 Å². The maximum atomic E-state index is 10.9. The van der Waals surface area contributed by atoms with Gasteiger partial charge in [-0.1, -0.05) is 35.0 Å². The van der Waals surface area contributed by atoms with Crippen LogP contribution in [0.3, 0.4) is 0 Å². The molecule has 0 aliphatic carbocycles. The fraction of sp³-hybridized carbons (Fsp3) is 0.125. The van der Waals surface area contributed by atoms with Crippen molar-refractivity contribution in [2.45, 2.75) is 13.5 Å². The number of nitro benzene ring substituents is 1. The molecule has 2 aromatic carbocycles. The molecule has 7 heteroatoms. The SMILES string of the molecule is Cc1ccc(-c2nc(COc3ccccc3[N+](=O)[O-])no2)cc1. The van der Waals surface area contributed by atoms with Crippen LogP contribution in [0.2, 0.25) is 0 Å². The van der Waals surface area contributed by atoms with Crippen LogP contribution in [0, 0.1) is 17.0 Å². The van der Waals surface area contributed by atoms with Gasteiger partial charge in [-0.05, 0) is 25.1 Å². The Balaban J connectivity index is 1.73. The van der Waals surface area contributed by atoms with E-state index in [4.69, 9.17) is 9.26 Å². The highest BCUT2D eigenvalue weighted by Gasteiger charge is 2.15. The lowest BCUT2D eigenvalue weighted by Gasteiger charge is -2.03. The Morgan fingerprint density at radius 2 is 1.91 bits per heavy atom. The van der Waals surface area contributed by atoms with Crippen molar-refractivity contribution in [2.75, 3.05) is 0 Å². The molecule has 1 heterocycles. The van der Waals surface area contributed by atoms with E-state index in [1.165, 1.54) is 12.1 Å². The molecule has 3 rings (SSSR count). The second-order valence-corrected chi connectivity index (χ2v) is 4.90. The molecule has 0 bridgehead atoms. The summed E-state index contributed by atoms with van der Waals surface area (Å²) < 4.78 is 10.6. The number of hydrogen-bond acceptors (Lipinski definition) is 6. The fourth-order valence-electron chi connectivity index (χ4n) is 2.00. The molecule has 0 N–H and O–H groups in total. The Kier molecular flexibility index (Phi) is 4.01. The summed E-state index contributed by atoms with van der Waals surface area (Å²) in [5.74, 6) is 0.865. The summed E-state index contributed by atoms with van der Waals surface area (Å²) >= 11 is 0. The van der Waals surface area contributed by atoms with Gasteiger partial charge in [0, 0.05) is 11.6 Å². The van der Waals surface area contributed by atoms with E-state index in [1.807, 2.05) is 31.2 Å². The summed E-state index contributed by atoms with van der Waals surface area (Å²) in [4.78, 5) is 14.7. The summed E-state index contributed by atoms with van der Waals surface area (Å²) in [6.07, 6.45) is 0. The normalized spacial score (nSPS) is 10.5. The molecule has 0 amide bonds. The molecule has 3 aromatic rings. The van der Waals surface area contributed by atoms with Gasteiger partial charge in [0.25, 0.3) is 5.89 Å². The average molecular weight is 311 g/mol. The number of rotatable bonds is 5. The Morgan fingerprint density at radius 1 is 1.17 bits per heavy atom. The quantitative estimate of drug-likeness (QED) is 0.528. The van der Waals surface area contributed by atoms with Gasteiger partial charge in [-0.2, -0.15) is 4.98 Å². The molecule has 0 spiro atoms. The molecule has 0 fully saturated rings. The fourth-order valence-corrected chi connectivity index (χ4v) is 2.00. The van der Waals surface area contributed by atoms with Crippen LogP contribution in [0.4, 0.5) is 5.69 Å². The van der Waals surface area contributed by atoms with E-state index in [-0.39, 0.29) is 18.0 Å². The maximum Gasteiger partial charge on any atom is 0.310 e. The molecule has 0 unspecified atom stereocenters. The predicted molar refractivity (Wildman–Crippen MR) is 81.9 cm³/mol. The van der Waals surface area contributed by atoms with Crippen LogP contribution in [0.25, 0.3) is 11.5 Å². The first kappa shape index (κ1) is 14.7. The van der Waals surface area contributed by atoms with Crippen molar-refractivity contribution in [3.63, 3.8) is 0 Å². The smallest absolute Gasteiger partial charge is 0.310 e. The van der Waals surface area contributed by atoms with Crippen molar-refractivity contribution in [2.24, 2.45) is 0 Å². The molecule has 7 nitrogen and oxygen atoms in total. The first-order chi connectivity index (χ1) is 11.1. The van der Waals surface area contributed by atoms with Gasteiger partial charge >= 0.3 is 5.69 Å². The zero-order valence-electron chi connectivity index (χ0n) is 12.3. The second kappa shape index (κ2) is 6.27. The summed E-state index contributed by atoms with van der Waals surface area (Å²) in [5.41, 5.74) is 1.84. The Hall–Kier alpha value is -3.22. The standard InChI is InChI=1S/C16H13N3O4/c1-11-6-8-12(9-7-11)16-17-15(18-23-16)10-22-14-5-3-2-4-13(14)19(20)21/h2-9H,10H2,1H3. The van der Waals surface area contributed by atoms with Crippen LogP contribution in [0.5, 0.6) is 5.75 Å². The van der Waals surface area contributed by atoms with Crippen LogP contribution in [0.15, 0.2) is 53.1 Å². The van der Waals surface area contributed by atoms with E-state index in [0.29, 0.717) is 11.7 Å². The molecular formula is C16H13N3O4. The van der Waals surface area contributed by atoms with Gasteiger partial charge in [0.2, 0.25) is 5.82 Å². The summed E-state index contributed by atoms with van der Waals surface area (Å²) in [5, 5.41) is 14.7. The Morgan fingerprint density at radius 3 is 2.65 bits per heavy atom. The first-order valence-corrected chi connectivity index (χ1v) is 6.89. The van der Waals surface area contributed by atoms with Crippen molar-refractivity contribution in [3.8, 4) is 17.2 Å². The van der Waals surface area contributed by atoms with Crippen molar-refractivity contribution in [3.05, 3.63) is 70.0 Å². The van der Waals surface area contributed by atoms with E-state index in [0.717, 1.165) is 11.1 Å². The third-order valence-corrected chi connectivity index (χ3v) is 3.19. The van der Waals surface area contributed by atoms with E-state index in [9.17, 15) is 10.1 Å². The molecule has 0 radical (unpaired) electrons. The molecule has 0 atom stereocenters. The van der Waals surface area contributed by atoms with Gasteiger partial charge in [0.1, 0.15) is 0 Å². The number of nitrogens with zero attached hydrogens (tertiary/aromatic N) is 3. The molecular weight excluding hydrogens is 298 g/mol. The zero-order valence-corrected chi connectivity index (χ0v) is 12.3. The Bertz CT molecular complexity index is 827. The van der Waals surface area contributed by atoms with Crippen LogP contribution in [0.1, 0.15) is 11.4 Å². The summed E-state index contributed by atoms with van der Waals surface area (Å²) in [6.45, 7) is 1.98. The number of nitro groups is 1. The predicted octanol–water partition coefficient (Wildman–Crippen LogP) is 3.53. The van der Waals surface area contributed by atoms with Gasteiger partial charge in [0.15, 0.2) is 12.4 Å². The van der Waals surface area contributed by atoms with E-state index in [1.54, 1.807) is 12.1 Å². The lowest BCUT2D eigenvalue weighted by atomic mass is 10.1. The number of hydrogen-bond donors (Lipinski definition) is 0. The minimum absolute atomic E-state index is 0.0137. The molecule has 0 saturated carbocycles. The third kappa shape index (κ3) is 3.34. The summed E-state index contributed by atoms with van der Waals surface area (Å²) in [6, 6.07) is 13.8. The van der Waals surface area contributed by atoms with Gasteiger partial charge in [-0.25, -0.2) is 0 Å². The van der Waals surface area contributed by atoms with Gasteiger partial charge in [-0.15, -0.1) is 0 Å². The van der Waals surface area contributed by atoms with Gasteiger partial charge in [0.05, 0.1) is 4.92 Å². The van der Waals surface area contributed by atoms with Crippen molar-refractivity contribution >= 4 is 5.69 Å². The molecule has 0 saturated heterocycles. The minimum Gasteiger partial charge on any atom is -0.478 e. The summed E-state index contributed by atoms with van der Waals surface area (Å²) in [7, 11) is 0. The Labute approximate surface area is 131 Å². The van der Waals surface area contributed by atoms with E-state index in [2.05, 4.69) is 10.1 Å². The third-order valence-electron chi connectivity index (χ3n) is 3.19. The second-order valence-electron chi connectivity index (χ2n) is 4.90. The van der Waals surface area contributed by atoms with Crippen molar-refractivity contribution in [1.29, 1.82) is 0 Å². The van der Waals surface area contributed by atoms with Crippen LogP contribution < -0.4 is 4.74 Å². The average Bonchev–Trinajstić information content (AvgIpc) is 3.03. The van der Waals surface area contributed by atoms with E-state index < -0.39 is 4.92 Å². The number of aryl methyl sites for hydroxylation is 1. The monoisotopic (exact) mass is 311 g/mol. The van der Waals surface area contributed by atoms with Gasteiger partial charge in [-0.3, -0.25) is 10.1 Å². The maximum absolute atomic E-state index is 10.9. The lowest BCUT2D eigenvalue weighted by Crippen LogP contribution is -2.00. The number of benzene rings is 2. The highest BCUT2D eigenvalue weighted by atomic mass is 16.6. The molecule has 23 heavy (non-hydrogen) atoms. The molecule has 1 aromatic heterocycles. The highest BCUT2D eigenvalue weighted by molar-refractivity contribution is 5.53. The molecule has 0 aliphatic heterocycles. The van der Waals surface area contributed by atoms with Crippen LogP contribution in [-0.4, -0.2) is 15.1 Å². The van der Waals surface area contributed by atoms with Crippen molar-refractivity contribution in [1.82, 2.24) is 10.1 Å². The first-order valence-electron chi connectivity index (χ1n) is 6.89. The molecule has 116 valence electrons. The van der Waals surface area contributed by atoms with Crippen LogP contribution in [-0.2, 0) is 6.61 Å². The lowest BCUT2D eigenvalue weighted by molar-refractivity contribution is -0.385. The molecule has 0 aliphatic rings. The highest BCUT2D eigenvalue weighted by Crippen LogP contribution is 2.26. The van der Waals surface area contributed by atoms with Gasteiger partial charge < -0.3 is 9.26 Å². The number of ether oxygens (including phenoxy) is 1. The van der Waals surface area contributed by atoms with Crippen molar-refractivity contribution < 1.29 is 14.2 Å². The van der Waals surface area contributed by atoms with E-state index >= 15 is 0 Å². The van der Waals surface area contributed by atoms with Crippen LogP contribution >= 0.6 is 0 Å². The number of aromatic nitrogens is 2. The minimum atomic E-state index is -0.497. The number of para-hydroxylation sites is 2.